The maximum atomic E-state index is 13.2. The van der Waals surface area contributed by atoms with Crippen molar-refractivity contribution < 1.29 is 19.1 Å². The third kappa shape index (κ3) is 7.08. The molecule has 31 heavy (non-hydrogen) atoms. The fraction of sp³-hybridized carbons (Fsp3) is 0.417. The van der Waals surface area contributed by atoms with Crippen molar-refractivity contribution >= 4 is 11.8 Å². The average molecular weight is 426 g/mol. The normalized spacial score (nSPS) is 14.9. The number of ether oxygens (including phenoxy) is 2. The van der Waals surface area contributed by atoms with Crippen LogP contribution in [0.15, 0.2) is 54.6 Å². The van der Waals surface area contributed by atoms with Gasteiger partial charge >= 0.3 is 0 Å². The van der Waals surface area contributed by atoms with Crippen LogP contribution in [0.2, 0.25) is 0 Å². The van der Waals surface area contributed by atoms with E-state index >= 15 is 0 Å². The van der Waals surface area contributed by atoms with Gasteiger partial charge in [-0.05, 0) is 43.9 Å². The van der Waals surface area contributed by atoms with E-state index in [1.165, 1.54) is 0 Å². The van der Waals surface area contributed by atoms with Crippen LogP contribution in [0, 0.1) is 0 Å². The van der Waals surface area contributed by atoms with Crippen molar-refractivity contribution in [2.45, 2.75) is 12.5 Å². The molecule has 0 radical (unpaired) electrons. The minimum Gasteiger partial charge on any atom is -0.492 e. The van der Waals surface area contributed by atoms with Crippen molar-refractivity contribution in [1.82, 2.24) is 15.1 Å². The molecule has 0 saturated carbocycles. The molecule has 1 saturated heterocycles. The number of carbonyl (C=O) groups excluding carboxylic acids is 2. The number of rotatable bonds is 9. The molecule has 2 aromatic carbocycles. The topological polar surface area (TPSA) is 71.1 Å². The number of likely N-dealkylation sites (N-methyl/N-ethyl adjacent to an activating group) is 1. The van der Waals surface area contributed by atoms with Crippen LogP contribution >= 0.6 is 0 Å². The molecule has 1 atom stereocenters. The highest BCUT2D eigenvalue weighted by atomic mass is 16.5. The van der Waals surface area contributed by atoms with Crippen LogP contribution < -0.4 is 10.1 Å². The Kier molecular flexibility index (Phi) is 8.44. The summed E-state index contributed by atoms with van der Waals surface area (Å²) in [4.78, 5) is 29.7. The van der Waals surface area contributed by atoms with Crippen molar-refractivity contribution in [3.8, 4) is 5.75 Å². The Morgan fingerprint density at radius 3 is 2.39 bits per heavy atom. The molecule has 1 heterocycles. The van der Waals surface area contributed by atoms with Crippen LogP contribution in [0.4, 0.5) is 0 Å². The first-order chi connectivity index (χ1) is 15.0. The molecular weight excluding hydrogens is 394 g/mol. The molecule has 0 aliphatic carbocycles. The Morgan fingerprint density at radius 2 is 1.74 bits per heavy atom. The lowest BCUT2D eigenvalue weighted by atomic mass is 10.0. The highest BCUT2D eigenvalue weighted by molar-refractivity contribution is 5.97. The van der Waals surface area contributed by atoms with Crippen LogP contribution in [0.3, 0.4) is 0 Å². The van der Waals surface area contributed by atoms with Crippen LogP contribution in [0.1, 0.15) is 15.9 Å². The maximum absolute atomic E-state index is 13.2. The molecule has 0 spiro atoms. The van der Waals surface area contributed by atoms with Crippen LogP contribution in [-0.4, -0.2) is 81.2 Å². The van der Waals surface area contributed by atoms with E-state index in [1.54, 1.807) is 17.0 Å². The Labute approximate surface area is 183 Å². The second kappa shape index (κ2) is 11.5. The second-order valence-electron chi connectivity index (χ2n) is 7.83. The van der Waals surface area contributed by atoms with E-state index in [0.717, 1.165) is 17.9 Å². The molecule has 2 amide bonds. The van der Waals surface area contributed by atoms with E-state index in [1.807, 2.05) is 56.6 Å². The molecule has 0 bridgehead atoms. The number of hydrogen-bond donors (Lipinski definition) is 1. The van der Waals surface area contributed by atoms with Crippen LogP contribution in [0.5, 0.6) is 5.75 Å². The summed E-state index contributed by atoms with van der Waals surface area (Å²) in [6, 6.07) is 16.0. The van der Waals surface area contributed by atoms with E-state index in [0.29, 0.717) is 44.9 Å². The lowest BCUT2D eigenvalue weighted by Crippen LogP contribution is -2.52. The zero-order chi connectivity index (χ0) is 22.1. The number of hydrogen-bond acceptors (Lipinski definition) is 5. The molecule has 166 valence electrons. The number of morpholine rings is 1. The zero-order valence-corrected chi connectivity index (χ0v) is 18.3. The fourth-order valence-electron chi connectivity index (χ4n) is 3.34. The second-order valence-corrected chi connectivity index (χ2v) is 7.83. The molecule has 1 aliphatic rings. The van der Waals surface area contributed by atoms with Gasteiger partial charge in [0, 0.05) is 31.6 Å². The summed E-state index contributed by atoms with van der Waals surface area (Å²) in [6.45, 7) is 3.56. The highest BCUT2D eigenvalue weighted by Crippen LogP contribution is 2.15. The van der Waals surface area contributed by atoms with E-state index in [9.17, 15) is 9.59 Å². The van der Waals surface area contributed by atoms with Gasteiger partial charge in [-0.15, -0.1) is 0 Å². The Hall–Kier alpha value is -2.90. The summed E-state index contributed by atoms with van der Waals surface area (Å²) in [5.41, 5.74) is 1.49. The lowest BCUT2D eigenvalue weighted by molar-refractivity contribution is -0.137. The van der Waals surface area contributed by atoms with Gasteiger partial charge in [0.05, 0.1) is 13.2 Å². The van der Waals surface area contributed by atoms with Gasteiger partial charge < -0.3 is 24.6 Å². The summed E-state index contributed by atoms with van der Waals surface area (Å²) in [5.74, 6) is 0.449. The summed E-state index contributed by atoms with van der Waals surface area (Å²) < 4.78 is 11.1. The van der Waals surface area contributed by atoms with Crippen LogP contribution in [0.25, 0.3) is 0 Å². The Balaban J connectivity index is 1.68. The van der Waals surface area contributed by atoms with Crippen molar-refractivity contribution in [3.05, 3.63) is 65.7 Å². The Bertz CT molecular complexity index is 834. The van der Waals surface area contributed by atoms with Gasteiger partial charge in [-0.1, -0.05) is 30.3 Å². The van der Waals surface area contributed by atoms with Crippen LogP contribution in [-0.2, 0) is 16.0 Å². The number of nitrogens with zero attached hydrogens (tertiary/aromatic N) is 2. The van der Waals surface area contributed by atoms with Gasteiger partial charge in [0.1, 0.15) is 18.4 Å². The SMILES string of the molecule is CN(C)CCOc1ccc(C[C@H](NC(=O)c2ccccc2)C(=O)N2CCOCC2)cc1. The monoisotopic (exact) mass is 425 g/mol. The number of nitrogens with one attached hydrogen (secondary N) is 1. The third-order valence-electron chi connectivity index (χ3n) is 5.13. The van der Waals surface area contributed by atoms with Crippen molar-refractivity contribution in [1.29, 1.82) is 0 Å². The van der Waals surface area contributed by atoms with Gasteiger partial charge in [-0.3, -0.25) is 9.59 Å². The molecule has 1 fully saturated rings. The zero-order valence-electron chi connectivity index (χ0n) is 18.3. The molecule has 0 aromatic heterocycles. The van der Waals surface area contributed by atoms with Gasteiger partial charge in [0.2, 0.25) is 5.91 Å². The minimum absolute atomic E-state index is 0.0844. The molecular formula is C24H31N3O4. The van der Waals surface area contributed by atoms with Gasteiger partial charge in [0.15, 0.2) is 0 Å². The first-order valence-corrected chi connectivity index (χ1v) is 10.6. The summed E-state index contributed by atoms with van der Waals surface area (Å²) in [6.07, 6.45) is 0.409. The Morgan fingerprint density at radius 1 is 1.06 bits per heavy atom. The van der Waals surface area contributed by atoms with Gasteiger partial charge in [0.25, 0.3) is 5.91 Å². The predicted octanol–water partition coefficient (Wildman–Crippen LogP) is 1.83. The van der Waals surface area contributed by atoms with Gasteiger partial charge in [-0.25, -0.2) is 0 Å². The largest absolute Gasteiger partial charge is 0.492 e. The highest BCUT2D eigenvalue weighted by Gasteiger charge is 2.27. The predicted molar refractivity (Wildman–Crippen MR) is 119 cm³/mol. The molecule has 2 aromatic rings. The molecule has 0 unspecified atom stereocenters. The van der Waals surface area contributed by atoms with E-state index < -0.39 is 6.04 Å². The van der Waals surface area contributed by atoms with E-state index in [4.69, 9.17) is 9.47 Å². The molecule has 7 heteroatoms. The maximum Gasteiger partial charge on any atom is 0.251 e. The van der Waals surface area contributed by atoms with E-state index in [-0.39, 0.29) is 11.8 Å². The first kappa shape index (κ1) is 22.8. The molecule has 1 N–H and O–H groups in total. The average Bonchev–Trinajstić information content (AvgIpc) is 2.80. The standard InChI is InChI=1S/C24H31N3O4/c1-26(2)12-17-31-21-10-8-19(9-11-21)18-22(24(29)27-13-15-30-16-14-27)25-23(28)20-6-4-3-5-7-20/h3-11,22H,12-18H2,1-2H3,(H,25,28)/t22-/m0/s1. The summed E-state index contributed by atoms with van der Waals surface area (Å²) >= 11 is 0. The third-order valence-corrected chi connectivity index (χ3v) is 5.13. The first-order valence-electron chi connectivity index (χ1n) is 10.6. The number of amides is 2. The molecule has 3 rings (SSSR count). The quantitative estimate of drug-likeness (QED) is 0.664. The summed E-state index contributed by atoms with van der Waals surface area (Å²) in [7, 11) is 4.00. The van der Waals surface area contributed by atoms with Crippen molar-refractivity contribution in [3.63, 3.8) is 0 Å². The fourth-order valence-corrected chi connectivity index (χ4v) is 3.34. The van der Waals surface area contributed by atoms with E-state index in [2.05, 4.69) is 10.2 Å². The summed E-state index contributed by atoms with van der Waals surface area (Å²) in [5, 5.41) is 2.93. The molecule has 1 aliphatic heterocycles. The smallest absolute Gasteiger partial charge is 0.251 e. The lowest BCUT2D eigenvalue weighted by Gasteiger charge is -2.31. The number of carbonyl (C=O) groups is 2. The van der Waals surface area contributed by atoms with Gasteiger partial charge in [-0.2, -0.15) is 0 Å². The minimum atomic E-state index is -0.647. The number of benzene rings is 2. The van der Waals surface area contributed by atoms with Crippen molar-refractivity contribution in [2.24, 2.45) is 0 Å². The molecule has 7 nitrogen and oxygen atoms in total. The van der Waals surface area contributed by atoms with Crippen molar-refractivity contribution in [2.75, 3.05) is 53.6 Å².